The van der Waals surface area contributed by atoms with Crippen LogP contribution in [0.25, 0.3) is 0 Å². The molecule has 0 atom stereocenters. The van der Waals surface area contributed by atoms with Gasteiger partial charge < -0.3 is 14.9 Å². The Labute approximate surface area is 135 Å². The molecule has 1 rings (SSSR count). The second-order valence-electron chi connectivity index (χ2n) is 4.30. The largest absolute Gasteiger partial charge is 0.465 e. The van der Waals surface area contributed by atoms with Crippen molar-refractivity contribution in [2.45, 2.75) is 23.8 Å². The van der Waals surface area contributed by atoms with Crippen molar-refractivity contribution in [2.75, 3.05) is 20.3 Å². The molecule has 0 spiro atoms. The Morgan fingerprint density at radius 2 is 2.05 bits per heavy atom. The fourth-order valence-corrected chi connectivity index (χ4v) is 5.43. The number of halogens is 1. The van der Waals surface area contributed by atoms with Crippen LogP contribution in [0.4, 0.5) is 0 Å². The van der Waals surface area contributed by atoms with Crippen LogP contribution in [0.2, 0.25) is 0 Å². The summed E-state index contributed by atoms with van der Waals surface area (Å²) in [5.74, 6) is -0.645. The second-order valence-corrected chi connectivity index (χ2v) is 8.32. The number of hydrogen-bond donors (Lipinski definition) is 3. The summed E-state index contributed by atoms with van der Waals surface area (Å²) in [6.45, 7) is 0.535. The lowest BCUT2D eigenvalue weighted by Gasteiger charge is -2.29. The highest BCUT2D eigenvalue weighted by molar-refractivity contribution is 9.11. The monoisotopic (exact) mass is 401 g/mol. The van der Waals surface area contributed by atoms with Crippen molar-refractivity contribution in [2.24, 2.45) is 0 Å². The standard InChI is InChI=1S/C11H16BrNO6S2/c1-3-11(5-14,6-15)13-21(17,18)8-4-7(10(16)19-2)20-9(8)12/h4,13-15H,3,5-6H2,1-2H3. The third-order valence-corrected chi connectivity index (χ3v) is 6.78. The fourth-order valence-electron chi connectivity index (χ4n) is 1.49. The van der Waals surface area contributed by atoms with Gasteiger partial charge in [-0.15, -0.1) is 11.3 Å². The molecule has 21 heavy (non-hydrogen) atoms. The van der Waals surface area contributed by atoms with E-state index in [0.29, 0.717) is 0 Å². The number of sulfonamides is 1. The summed E-state index contributed by atoms with van der Waals surface area (Å²) in [5, 5.41) is 18.6. The lowest BCUT2D eigenvalue weighted by Crippen LogP contribution is -2.53. The highest BCUT2D eigenvalue weighted by Crippen LogP contribution is 2.32. The van der Waals surface area contributed by atoms with E-state index in [0.717, 1.165) is 11.3 Å². The average molecular weight is 402 g/mol. The second kappa shape index (κ2) is 7.16. The van der Waals surface area contributed by atoms with E-state index in [2.05, 4.69) is 25.4 Å². The number of rotatable bonds is 7. The molecule has 0 aromatic carbocycles. The molecule has 0 saturated carbocycles. The molecular formula is C11H16BrNO6S2. The molecule has 0 saturated heterocycles. The number of thiophene rings is 1. The predicted octanol–water partition coefficient (Wildman–Crippen LogP) is 0.709. The van der Waals surface area contributed by atoms with Gasteiger partial charge in [0.05, 0.1) is 29.6 Å². The lowest BCUT2D eigenvalue weighted by atomic mass is 10.0. The number of carbonyl (C=O) groups is 1. The van der Waals surface area contributed by atoms with Gasteiger partial charge in [-0.2, -0.15) is 0 Å². The summed E-state index contributed by atoms with van der Waals surface area (Å²) < 4.78 is 31.8. The van der Waals surface area contributed by atoms with E-state index >= 15 is 0 Å². The van der Waals surface area contributed by atoms with E-state index < -0.39 is 34.7 Å². The number of aliphatic hydroxyl groups excluding tert-OH is 2. The first-order valence-corrected chi connectivity index (χ1v) is 8.98. The Kier molecular flexibility index (Phi) is 6.32. The zero-order chi connectivity index (χ0) is 16.3. The zero-order valence-electron chi connectivity index (χ0n) is 11.4. The van der Waals surface area contributed by atoms with Crippen LogP contribution < -0.4 is 4.72 Å². The van der Waals surface area contributed by atoms with Gasteiger partial charge in [0.1, 0.15) is 9.77 Å². The number of esters is 1. The van der Waals surface area contributed by atoms with Gasteiger partial charge >= 0.3 is 5.97 Å². The van der Waals surface area contributed by atoms with Crippen LogP contribution >= 0.6 is 27.3 Å². The fraction of sp³-hybridized carbons (Fsp3) is 0.545. The first-order valence-electron chi connectivity index (χ1n) is 5.88. The molecule has 3 N–H and O–H groups in total. The Bertz CT molecular complexity index is 600. The van der Waals surface area contributed by atoms with E-state index in [-0.39, 0.29) is 20.0 Å². The minimum Gasteiger partial charge on any atom is -0.465 e. The maximum absolute atomic E-state index is 12.4. The topological polar surface area (TPSA) is 113 Å². The van der Waals surface area contributed by atoms with Gasteiger partial charge in [0.25, 0.3) is 0 Å². The maximum atomic E-state index is 12.4. The number of hydrogen-bond acceptors (Lipinski definition) is 7. The molecule has 0 aliphatic carbocycles. The van der Waals surface area contributed by atoms with Gasteiger partial charge in [-0.3, -0.25) is 0 Å². The zero-order valence-corrected chi connectivity index (χ0v) is 14.6. The lowest BCUT2D eigenvalue weighted by molar-refractivity contribution is 0.0606. The first kappa shape index (κ1) is 18.5. The number of aliphatic hydroxyl groups is 2. The maximum Gasteiger partial charge on any atom is 0.348 e. The minimum absolute atomic E-state index is 0.125. The summed E-state index contributed by atoms with van der Waals surface area (Å²) in [5.41, 5.74) is -1.36. The number of ether oxygens (including phenoxy) is 1. The smallest absolute Gasteiger partial charge is 0.348 e. The van der Waals surface area contributed by atoms with Gasteiger partial charge in [0.15, 0.2) is 0 Å². The summed E-state index contributed by atoms with van der Waals surface area (Å²) in [7, 11) is -2.82. The molecule has 1 aromatic heterocycles. The Morgan fingerprint density at radius 1 is 1.48 bits per heavy atom. The third kappa shape index (κ3) is 4.02. The summed E-state index contributed by atoms with van der Waals surface area (Å²) >= 11 is 4.01. The molecule has 0 amide bonds. The number of methoxy groups -OCH3 is 1. The van der Waals surface area contributed by atoms with Crippen molar-refractivity contribution in [1.82, 2.24) is 4.72 Å². The molecule has 120 valence electrons. The van der Waals surface area contributed by atoms with E-state index in [1.54, 1.807) is 6.92 Å². The highest BCUT2D eigenvalue weighted by Gasteiger charge is 2.34. The third-order valence-electron chi connectivity index (χ3n) is 2.96. The van der Waals surface area contributed by atoms with Gasteiger partial charge in [-0.05, 0) is 28.4 Å². The molecule has 10 heteroatoms. The molecular weight excluding hydrogens is 386 g/mol. The van der Waals surface area contributed by atoms with E-state index in [4.69, 9.17) is 0 Å². The average Bonchev–Trinajstić information content (AvgIpc) is 2.87. The molecule has 1 aromatic rings. The molecule has 0 fully saturated rings. The number of nitrogens with one attached hydrogen (secondary N) is 1. The molecule has 1 heterocycles. The molecule has 0 radical (unpaired) electrons. The van der Waals surface area contributed by atoms with Crippen molar-refractivity contribution in [3.05, 3.63) is 14.7 Å². The van der Waals surface area contributed by atoms with E-state index in [1.807, 2.05) is 0 Å². The van der Waals surface area contributed by atoms with Crippen molar-refractivity contribution in [3.8, 4) is 0 Å². The van der Waals surface area contributed by atoms with Gasteiger partial charge in [0.2, 0.25) is 10.0 Å². The number of carbonyl (C=O) groups excluding carboxylic acids is 1. The molecule has 7 nitrogen and oxygen atoms in total. The van der Waals surface area contributed by atoms with Crippen molar-refractivity contribution >= 4 is 43.3 Å². The minimum atomic E-state index is -4.02. The molecule has 0 aliphatic rings. The quantitative estimate of drug-likeness (QED) is 0.579. The Morgan fingerprint density at radius 3 is 2.48 bits per heavy atom. The summed E-state index contributed by atoms with van der Waals surface area (Å²) in [6.07, 6.45) is 0.199. The molecule has 0 aliphatic heterocycles. The first-order chi connectivity index (χ1) is 9.75. The Hall–Kier alpha value is -0.520. The van der Waals surface area contributed by atoms with Crippen LogP contribution in [-0.4, -0.2) is 50.5 Å². The van der Waals surface area contributed by atoms with Crippen LogP contribution in [0, 0.1) is 0 Å². The SMILES string of the molecule is CCC(CO)(CO)NS(=O)(=O)c1cc(C(=O)OC)sc1Br. The van der Waals surface area contributed by atoms with Crippen LogP contribution in [0.5, 0.6) is 0 Å². The molecule has 0 unspecified atom stereocenters. The molecule has 0 bridgehead atoms. The van der Waals surface area contributed by atoms with Crippen LogP contribution in [0.3, 0.4) is 0 Å². The van der Waals surface area contributed by atoms with Gasteiger partial charge in [-0.1, -0.05) is 6.92 Å². The van der Waals surface area contributed by atoms with Crippen molar-refractivity contribution in [1.29, 1.82) is 0 Å². The van der Waals surface area contributed by atoms with E-state index in [9.17, 15) is 23.4 Å². The van der Waals surface area contributed by atoms with Crippen LogP contribution in [-0.2, 0) is 14.8 Å². The van der Waals surface area contributed by atoms with E-state index in [1.165, 1.54) is 13.2 Å². The van der Waals surface area contributed by atoms with Crippen LogP contribution in [0.15, 0.2) is 14.7 Å². The normalized spacial score (nSPS) is 12.4. The van der Waals surface area contributed by atoms with Crippen molar-refractivity contribution < 1.29 is 28.2 Å². The van der Waals surface area contributed by atoms with Gasteiger partial charge in [0, 0.05) is 0 Å². The Balaban J connectivity index is 3.20. The van der Waals surface area contributed by atoms with Gasteiger partial charge in [-0.25, -0.2) is 17.9 Å². The summed E-state index contributed by atoms with van der Waals surface area (Å²) in [6, 6.07) is 1.18. The highest BCUT2D eigenvalue weighted by atomic mass is 79.9. The summed E-state index contributed by atoms with van der Waals surface area (Å²) in [4.78, 5) is 11.4. The van der Waals surface area contributed by atoms with Crippen molar-refractivity contribution in [3.63, 3.8) is 0 Å². The predicted molar refractivity (Wildman–Crippen MR) is 80.9 cm³/mol. The van der Waals surface area contributed by atoms with Crippen LogP contribution in [0.1, 0.15) is 23.0 Å².